The van der Waals surface area contributed by atoms with Crippen LogP contribution in [0.25, 0.3) is 10.9 Å². The second-order valence-corrected chi connectivity index (χ2v) is 10.7. The average Bonchev–Trinajstić information content (AvgIpc) is 3.23. The lowest BCUT2D eigenvalue weighted by Gasteiger charge is -2.33. The number of aromatic nitrogens is 1. The van der Waals surface area contributed by atoms with Crippen LogP contribution in [-0.4, -0.2) is 53.8 Å². The molecule has 8 heteroatoms. The number of amides is 2. The summed E-state index contributed by atoms with van der Waals surface area (Å²) in [5, 5.41) is 4.63. The third kappa shape index (κ3) is 6.80. The lowest BCUT2D eigenvalue weighted by molar-refractivity contribution is 0.0105. The predicted octanol–water partition coefficient (Wildman–Crippen LogP) is 5.96. The van der Waals surface area contributed by atoms with E-state index in [1.54, 1.807) is 23.2 Å². The summed E-state index contributed by atoms with van der Waals surface area (Å²) in [7, 11) is 0. The fourth-order valence-electron chi connectivity index (χ4n) is 4.34. The molecule has 1 fully saturated rings. The number of benzene rings is 2. The van der Waals surface area contributed by atoms with Crippen molar-refractivity contribution in [2.75, 3.05) is 26.3 Å². The first-order valence-electron chi connectivity index (χ1n) is 12.4. The molecule has 1 saturated heterocycles. The van der Waals surface area contributed by atoms with E-state index in [-0.39, 0.29) is 18.0 Å². The SMILES string of the molecule is CC(C)(C)OC(=O)N1CCC(COC[C@@H](NC(=O)c2ccc3c(Cl)c[nH]c3c2)c2ccccc2)CC1. The summed E-state index contributed by atoms with van der Waals surface area (Å²) in [6.07, 6.45) is 3.18. The Hall–Kier alpha value is -3.03. The molecule has 1 atom stereocenters. The van der Waals surface area contributed by atoms with E-state index in [2.05, 4.69) is 10.3 Å². The van der Waals surface area contributed by atoms with Crippen LogP contribution in [0.5, 0.6) is 0 Å². The summed E-state index contributed by atoms with van der Waals surface area (Å²) in [6.45, 7) is 7.89. The average molecular weight is 512 g/mol. The summed E-state index contributed by atoms with van der Waals surface area (Å²) in [4.78, 5) is 30.2. The van der Waals surface area contributed by atoms with Gasteiger partial charge in [0, 0.05) is 42.4 Å². The van der Waals surface area contributed by atoms with Gasteiger partial charge in [-0.1, -0.05) is 48.0 Å². The van der Waals surface area contributed by atoms with Gasteiger partial charge in [0.1, 0.15) is 5.60 Å². The first kappa shape index (κ1) is 26.0. The molecular weight excluding hydrogens is 478 g/mol. The minimum Gasteiger partial charge on any atom is -0.444 e. The quantitative estimate of drug-likeness (QED) is 0.410. The first-order valence-corrected chi connectivity index (χ1v) is 12.8. The Morgan fingerprint density at radius 2 is 1.86 bits per heavy atom. The Balaban J connectivity index is 1.32. The van der Waals surface area contributed by atoms with Crippen molar-refractivity contribution in [3.63, 3.8) is 0 Å². The standard InChI is InChI=1S/C28H34ClN3O4/c1-28(2,3)36-27(34)32-13-11-19(12-14-32)17-35-18-25(20-7-5-4-6-8-20)31-26(33)21-9-10-22-23(29)16-30-24(22)15-21/h4-10,15-16,19,25,30H,11-14,17-18H2,1-3H3,(H,31,33)/t25-/m1/s1. The van der Waals surface area contributed by atoms with E-state index in [1.165, 1.54) is 0 Å². The maximum absolute atomic E-state index is 13.1. The summed E-state index contributed by atoms with van der Waals surface area (Å²) in [5.41, 5.74) is 1.86. The molecule has 2 amide bonds. The van der Waals surface area contributed by atoms with Gasteiger partial charge >= 0.3 is 6.09 Å². The lowest BCUT2D eigenvalue weighted by atomic mass is 9.98. The van der Waals surface area contributed by atoms with Crippen molar-refractivity contribution in [1.82, 2.24) is 15.2 Å². The van der Waals surface area contributed by atoms with Gasteiger partial charge in [-0.15, -0.1) is 0 Å². The molecule has 36 heavy (non-hydrogen) atoms. The summed E-state index contributed by atoms with van der Waals surface area (Å²) in [5.74, 6) is 0.182. The molecule has 0 bridgehead atoms. The molecule has 192 valence electrons. The maximum atomic E-state index is 13.1. The number of nitrogens with one attached hydrogen (secondary N) is 2. The van der Waals surface area contributed by atoms with Gasteiger partial charge in [0.2, 0.25) is 0 Å². The van der Waals surface area contributed by atoms with Crippen LogP contribution in [0.3, 0.4) is 0 Å². The van der Waals surface area contributed by atoms with Crippen molar-refractivity contribution in [2.45, 2.75) is 45.3 Å². The minimum absolute atomic E-state index is 0.175. The molecule has 0 spiro atoms. The van der Waals surface area contributed by atoms with Gasteiger partial charge < -0.3 is 24.7 Å². The molecule has 1 aliphatic heterocycles. The Kier molecular flexibility index (Phi) is 8.21. The highest BCUT2D eigenvalue weighted by atomic mass is 35.5. The van der Waals surface area contributed by atoms with Crippen LogP contribution in [0.4, 0.5) is 4.79 Å². The predicted molar refractivity (Wildman–Crippen MR) is 141 cm³/mol. The summed E-state index contributed by atoms with van der Waals surface area (Å²) >= 11 is 6.16. The highest BCUT2D eigenvalue weighted by Gasteiger charge is 2.27. The van der Waals surface area contributed by atoms with Gasteiger partial charge in [-0.2, -0.15) is 0 Å². The second-order valence-electron chi connectivity index (χ2n) is 10.3. The number of piperidine rings is 1. The van der Waals surface area contributed by atoms with Crippen molar-refractivity contribution in [3.05, 3.63) is 70.9 Å². The number of hydrogen-bond donors (Lipinski definition) is 2. The Morgan fingerprint density at radius 3 is 2.56 bits per heavy atom. The van der Waals surface area contributed by atoms with Crippen molar-refractivity contribution < 1.29 is 19.1 Å². The molecule has 0 aliphatic carbocycles. The molecule has 7 nitrogen and oxygen atoms in total. The molecule has 1 aliphatic rings. The number of hydrogen-bond acceptors (Lipinski definition) is 4. The molecule has 0 unspecified atom stereocenters. The number of H-pyrrole nitrogens is 1. The number of carbonyl (C=O) groups is 2. The van der Waals surface area contributed by atoms with E-state index in [0.717, 1.165) is 29.3 Å². The highest BCUT2D eigenvalue weighted by Crippen LogP contribution is 2.25. The second kappa shape index (κ2) is 11.4. The van der Waals surface area contributed by atoms with Gasteiger partial charge in [0.25, 0.3) is 5.91 Å². The number of aromatic amines is 1. The molecule has 4 rings (SSSR count). The minimum atomic E-state index is -0.492. The third-order valence-electron chi connectivity index (χ3n) is 6.31. The third-order valence-corrected chi connectivity index (χ3v) is 6.62. The molecule has 1 aromatic heterocycles. The van der Waals surface area contributed by atoms with E-state index in [9.17, 15) is 9.59 Å². The molecule has 2 N–H and O–H groups in total. The van der Waals surface area contributed by atoms with Gasteiger partial charge in [0.15, 0.2) is 0 Å². The fourth-order valence-corrected chi connectivity index (χ4v) is 4.56. The van der Waals surface area contributed by atoms with E-state index in [4.69, 9.17) is 21.1 Å². The van der Waals surface area contributed by atoms with Crippen molar-refractivity contribution in [2.24, 2.45) is 5.92 Å². The van der Waals surface area contributed by atoms with Crippen LogP contribution in [0.2, 0.25) is 5.02 Å². The first-order chi connectivity index (χ1) is 17.2. The zero-order valence-electron chi connectivity index (χ0n) is 21.1. The molecule has 2 heterocycles. The Labute approximate surface area is 217 Å². The smallest absolute Gasteiger partial charge is 0.410 e. The van der Waals surface area contributed by atoms with Gasteiger partial charge in [-0.3, -0.25) is 4.79 Å². The van der Waals surface area contributed by atoms with Crippen molar-refractivity contribution >= 4 is 34.5 Å². The number of fused-ring (bicyclic) bond motifs is 1. The Morgan fingerprint density at radius 1 is 1.14 bits per heavy atom. The van der Waals surface area contributed by atoms with Crippen LogP contribution in [0.15, 0.2) is 54.7 Å². The molecule has 0 radical (unpaired) electrons. The molecule has 3 aromatic rings. The Bertz CT molecular complexity index is 1180. The number of likely N-dealkylation sites (tertiary alicyclic amines) is 1. The number of rotatable bonds is 7. The zero-order chi connectivity index (χ0) is 25.7. The van der Waals surface area contributed by atoms with Gasteiger partial charge in [-0.05, 0) is 57.2 Å². The van der Waals surface area contributed by atoms with Crippen LogP contribution >= 0.6 is 11.6 Å². The van der Waals surface area contributed by atoms with E-state index >= 15 is 0 Å². The van der Waals surface area contributed by atoms with Crippen LogP contribution in [-0.2, 0) is 9.47 Å². The van der Waals surface area contributed by atoms with E-state index in [1.807, 2.05) is 57.2 Å². The lowest BCUT2D eigenvalue weighted by Crippen LogP contribution is -2.42. The highest BCUT2D eigenvalue weighted by molar-refractivity contribution is 6.35. The summed E-state index contributed by atoms with van der Waals surface area (Å²) in [6, 6.07) is 15.0. The topological polar surface area (TPSA) is 83.7 Å². The number of carbonyl (C=O) groups excluding carboxylic acids is 2. The maximum Gasteiger partial charge on any atom is 0.410 e. The zero-order valence-corrected chi connectivity index (χ0v) is 21.8. The van der Waals surface area contributed by atoms with E-state index in [0.29, 0.717) is 42.8 Å². The van der Waals surface area contributed by atoms with E-state index < -0.39 is 5.60 Å². The largest absolute Gasteiger partial charge is 0.444 e. The number of ether oxygens (including phenoxy) is 2. The number of nitrogens with zero attached hydrogens (tertiary/aromatic N) is 1. The molecular formula is C28H34ClN3O4. The van der Waals surface area contributed by atoms with Crippen molar-refractivity contribution in [1.29, 1.82) is 0 Å². The molecule has 2 aromatic carbocycles. The monoisotopic (exact) mass is 511 g/mol. The van der Waals surface area contributed by atoms with Gasteiger partial charge in [0.05, 0.1) is 17.7 Å². The summed E-state index contributed by atoms with van der Waals surface area (Å²) < 4.78 is 11.6. The van der Waals surface area contributed by atoms with Crippen LogP contribution in [0, 0.1) is 5.92 Å². The van der Waals surface area contributed by atoms with Crippen molar-refractivity contribution in [3.8, 4) is 0 Å². The van der Waals surface area contributed by atoms with Gasteiger partial charge in [-0.25, -0.2) is 4.79 Å². The number of halogens is 1. The van der Waals surface area contributed by atoms with Crippen LogP contribution < -0.4 is 5.32 Å². The molecule has 0 saturated carbocycles. The normalized spacial score (nSPS) is 15.6. The van der Waals surface area contributed by atoms with Crippen LogP contribution in [0.1, 0.15) is 55.6 Å². The fraction of sp³-hybridized carbons (Fsp3) is 0.429.